The number of rotatable bonds is 1. The molecule has 0 aliphatic carbocycles. The Morgan fingerprint density at radius 1 is 1.45 bits per heavy atom. The Bertz CT molecular complexity index is 150. The van der Waals surface area contributed by atoms with E-state index in [4.69, 9.17) is 0 Å². The quantitative estimate of drug-likeness (QED) is 0.554. The third kappa shape index (κ3) is 3.30. The average molecular weight is 154 g/mol. The fourth-order valence-electron chi connectivity index (χ4n) is 0.754. The molecule has 0 saturated heterocycles. The summed E-state index contributed by atoms with van der Waals surface area (Å²) in [7, 11) is 0. The molecule has 1 rings (SSSR count). The molecule has 2 heteroatoms. The van der Waals surface area contributed by atoms with Gasteiger partial charge in [-0.05, 0) is 6.42 Å². The van der Waals surface area contributed by atoms with Gasteiger partial charge in [-0.25, -0.2) is 4.99 Å². The van der Waals surface area contributed by atoms with Gasteiger partial charge in [0.1, 0.15) is 6.34 Å². The van der Waals surface area contributed by atoms with Crippen LogP contribution in [0.4, 0.5) is 0 Å². The summed E-state index contributed by atoms with van der Waals surface area (Å²) in [6, 6.07) is 0. The van der Waals surface area contributed by atoms with Crippen molar-refractivity contribution in [3.63, 3.8) is 0 Å². The number of aliphatic imine (C=N–C) groups is 2. The molecular weight excluding hydrogens is 136 g/mol. The molecule has 0 fully saturated rings. The molecule has 1 aliphatic heterocycles. The van der Waals surface area contributed by atoms with Crippen LogP contribution in [-0.4, -0.2) is 19.1 Å². The van der Waals surface area contributed by atoms with E-state index in [9.17, 15) is 0 Å². The van der Waals surface area contributed by atoms with Gasteiger partial charge in [-0.3, -0.25) is 4.99 Å². The first-order valence-electron chi connectivity index (χ1n) is 4.29. The summed E-state index contributed by atoms with van der Waals surface area (Å²) in [6.45, 7) is 9.23. The van der Waals surface area contributed by atoms with Gasteiger partial charge < -0.3 is 0 Å². The molecule has 0 amide bonds. The zero-order valence-electron chi connectivity index (χ0n) is 7.96. The van der Waals surface area contributed by atoms with E-state index >= 15 is 0 Å². The second-order valence-electron chi connectivity index (χ2n) is 2.74. The highest BCUT2D eigenvalue weighted by Gasteiger charge is 2.19. The van der Waals surface area contributed by atoms with Crippen molar-refractivity contribution >= 4 is 12.6 Å². The van der Waals surface area contributed by atoms with Gasteiger partial charge in [0.05, 0.1) is 6.54 Å². The smallest absolute Gasteiger partial charge is 0.109 e. The molecule has 1 unspecified atom stereocenters. The predicted molar refractivity (Wildman–Crippen MR) is 51.6 cm³/mol. The molecule has 2 nitrogen and oxygen atoms in total. The lowest BCUT2D eigenvalue weighted by Crippen LogP contribution is -2.23. The molecule has 0 saturated carbocycles. The molecule has 1 heterocycles. The first kappa shape index (κ1) is 10.3. The Kier molecular flexibility index (Phi) is 4.75. The zero-order chi connectivity index (χ0) is 8.74. The third-order valence-electron chi connectivity index (χ3n) is 1.79. The highest BCUT2D eigenvalue weighted by molar-refractivity contribution is 5.78. The highest BCUT2D eigenvalue weighted by atomic mass is 14.9. The van der Waals surface area contributed by atoms with Crippen molar-refractivity contribution in [2.75, 3.05) is 6.54 Å². The maximum absolute atomic E-state index is 4.08. The minimum atomic E-state index is 0.231. The lowest BCUT2D eigenvalue weighted by atomic mass is 9.89. The van der Waals surface area contributed by atoms with Gasteiger partial charge in [0.25, 0.3) is 0 Å². The van der Waals surface area contributed by atoms with Gasteiger partial charge in [0, 0.05) is 11.6 Å². The summed E-state index contributed by atoms with van der Waals surface area (Å²) in [5, 5.41) is 0. The van der Waals surface area contributed by atoms with Crippen LogP contribution in [0.25, 0.3) is 0 Å². The van der Waals surface area contributed by atoms with Gasteiger partial charge in [-0.1, -0.05) is 27.7 Å². The fourth-order valence-corrected chi connectivity index (χ4v) is 0.754. The van der Waals surface area contributed by atoms with E-state index in [-0.39, 0.29) is 5.41 Å². The van der Waals surface area contributed by atoms with Crippen LogP contribution in [0.5, 0.6) is 0 Å². The molecular formula is C9H18N2. The molecule has 0 aromatic carbocycles. The Balaban J connectivity index is 0.000000461. The molecule has 1 aliphatic rings. The van der Waals surface area contributed by atoms with E-state index in [0.717, 1.165) is 13.0 Å². The minimum absolute atomic E-state index is 0.231. The lowest BCUT2D eigenvalue weighted by molar-refractivity contribution is 0.472. The van der Waals surface area contributed by atoms with Gasteiger partial charge in [0.15, 0.2) is 0 Å². The molecule has 1 atom stereocenters. The molecule has 11 heavy (non-hydrogen) atoms. The number of nitrogens with zero attached hydrogens (tertiary/aromatic N) is 2. The van der Waals surface area contributed by atoms with E-state index in [1.54, 1.807) is 6.34 Å². The van der Waals surface area contributed by atoms with Crippen molar-refractivity contribution < 1.29 is 0 Å². The van der Waals surface area contributed by atoms with Gasteiger partial charge in [-0.15, -0.1) is 0 Å². The van der Waals surface area contributed by atoms with Gasteiger partial charge >= 0.3 is 0 Å². The molecule has 64 valence electrons. The first-order chi connectivity index (χ1) is 5.27. The van der Waals surface area contributed by atoms with Crippen LogP contribution in [-0.2, 0) is 0 Å². The zero-order valence-corrected chi connectivity index (χ0v) is 7.96. The standard InChI is InChI=1S/C7H12N2.C2H6/c1-3-7(2)4-8-6-9-5-7;1-2/h4,6H,3,5H2,1-2H3;1-2H3. The average Bonchev–Trinajstić information content (AvgIpc) is 2.10. The normalized spacial score (nSPS) is 27.6. The Hall–Kier alpha value is -0.660. The van der Waals surface area contributed by atoms with E-state index in [0.29, 0.717) is 0 Å². The van der Waals surface area contributed by atoms with Crippen molar-refractivity contribution in [3.05, 3.63) is 0 Å². The lowest BCUT2D eigenvalue weighted by Gasteiger charge is -2.21. The summed E-state index contributed by atoms with van der Waals surface area (Å²) >= 11 is 0. The Morgan fingerprint density at radius 2 is 2.09 bits per heavy atom. The summed E-state index contributed by atoms with van der Waals surface area (Å²) in [4.78, 5) is 8.06. The summed E-state index contributed by atoms with van der Waals surface area (Å²) in [5.74, 6) is 0. The maximum Gasteiger partial charge on any atom is 0.109 e. The topological polar surface area (TPSA) is 24.7 Å². The van der Waals surface area contributed by atoms with E-state index in [1.165, 1.54) is 0 Å². The van der Waals surface area contributed by atoms with Crippen LogP contribution in [0.15, 0.2) is 9.98 Å². The third-order valence-corrected chi connectivity index (χ3v) is 1.79. The molecule has 0 N–H and O–H groups in total. The van der Waals surface area contributed by atoms with Gasteiger partial charge in [0.2, 0.25) is 0 Å². The van der Waals surface area contributed by atoms with Crippen molar-refractivity contribution in [1.82, 2.24) is 0 Å². The Labute approximate surface area is 69.4 Å². The second kappa shape index (κ2) is 5.05. The molecule has 0 bridgehead atoms. The van der Waals surface area contributed by atoms with Crippen LogP contribution in [0, 0.1) is 5.41 Å². The SMILES string of the molecule is CC.CCC1(C)C=NC=NC1. The second-order valence-corrected chi connectivity index (χ2v) is 2.74. The molecule has 0 radical (unpaired) electrons. The van der Waals surface area contributed by atoms with E-state index in [1.807, 2.05) is 20.1 Å². The monoisotopic (exact) mass is 154 g/mol. The van der Waals surface area contributed by atoms with Crippen molar-refractivity contribution in [3.8, 4) is 0 Å². The van der Waals surface area contributed by atoms with Gasteiger partial charge in [-0.2, -0.15) is 0 Å². The maximum atomic E-state index is 4.08. The van der Waals surface area contributed by atoms with Crippen molar-refractivity contribution in [1.29, 1.82) is 0 Å². The van der Waals surface area contributed by atoms with Crippen molar-refractivity contribution in [2.45, 2.75) is 34.1 Å². The van der Waals surface area contributed by atoms with Crippen LogP contribution >= 0.6 is 0 Å². The largest absolute Gasteiger partial charge is 0.273 e. The minimum Gasteiger partial charge on any atom is -0.273 e. The fraction of sp³-hybridized carbons (Fsp3) is 0.778. The number of hydrogen-bond acceptors (Lipinski definition) is 2. The van der Waals surface area contributed by atoms with Crippen molar-refractivity contribution in [2.24, 2.45) is 15.4 Å². The first-order valence-corrected chi connectivity index (χ1v) is 4.29. The summed E-state index contributed by atoms with van der Waals surface area (Å²) < 4.78 is 0. The molecule has 0 aromatic heterocycles. The van der Waals surface area contributed by atoms with Crippen LogP contribution < -0.4 is 0 Å². The number of hydrogen-bond donors (Lipinski definition) is 0. The van der Waals surface area contributed by atoms with Crippen LogP contribution in [0.3, 0.4) is 0 Å². The van der Waals surface area contributed by atoms with Crippen LogP contribution in [0.2, 0.25) is 0 Å². The van der Waals surface area contributed by atoms with E-state index in [2.05, 4.69) is 23.8 Å². The van der Waals surface area contributed by atoms with Crippen LogP contribution in [0.1, 0.15) is 34.1 Å². The van der Waals surface area contributed by atoms with E-state index < -0.39 is 0 Å². The highest BCUT2D eigenvalue weighted by Crippen LogP contribution is 2.19. The molecule has 0 aromatic rings. The molecule has 0 spiro atoms. The summed E-state index contributed by atoms with van der Waals surface area (Å²) in [6.07, 6.45) is 4.73. The Morgan fingerprint density at radius 3 is 2.36 bits per heavy atom. The summed E-state index contributed by atoms with van der Waals surface area (Å²) in [5.41, 5.74) is 0.231. The predicted octanol–water partition coefficient (Wildman–Crippen LogP) is 2.54.